The highest BCUT2D eigenvalue weighted by Crippen LogP contribution is 2.44. The third kappa shape index (κ3) is 3.15. The summed E-state index contributed by atoms with van der Waals surface area (Å²) < 4.78 is 5.78. The highest BCUT2D eigenvalue weighted by Gasteiger charge is 2.50. The Morgan fingerprint density at radius 1 is 1.36 bits per heavy atom. The predicted molar refractivity (Wildman–Crippen MR) is 95.2 cm³/mol. The molecule has 4 rings (SSSR count). The molecule has 2 heterocycles. The van der Waals surface area contributed by atoms with Gasteiger partial charge in [0.2, 0.25) is 5.91 Å². The molecule has 0 bridgehead atoms. The summed E-state index contributed by atoms with van der Waals surface area (Å²) in [6.45, 7) is 5.74. The van der Waals surface area contributed by atoms with Crippen molar-refractivity contribution >= 4 is 5.91 Å². The maximum atomic E-state index is 12.8. The van der Waals surface area contributed by atoms with E-state index in [0.717, 1.165) is 37.2 Å². The van der Waals surface area contributed by atoms with Crippen molar-refractivity contribution in [3.63, 3.8) is 0 Å². The summed E-state index contributed by atoms with van der Waals surface area (Å²) in [6.07, 6.45) is 3.41. The van der Waals surface area contributed by atoms with Gasteiger partial charge < -0.3 is 14.7 Å². The molecule has 1 aliphatic carbocycles. The molecule has 1 saturated carbocycles. The first-order chi connectivity index (χ1) is 12.1. The minimum absolute atomic E-state index is 0.126. The standard InChI is InChI=1S/C20H28N2O3/c1-15-11-22(14-20(15,24)17-6-4-7-17)19(23)13-21-9-10-25-18-8-3-2-5-16(18)12-21/h2-3,5,8,15,17,24H,4,6-7,9-14H2,1H3/t15-,20+/m1/s1. The Bertz CT molecular complexity index is 646. The zero-order valence-corrected chi connectivity index (χ0v) is 15.0. The highest BCUT2D eigenvalue weighted by molar-refractivity contribution is 5.78. The zero-order valence-electron chi connectivity index (χ0n) is 15.0. The fourth-order valence-corrected chi connectivity index (χ4v) is 4.45. The summed E-state index contributed by atoms with van der Waals surface area (Å²) in [5.74, 6) is 1.58. The molecule has 1 amide bonds. The second-order valence-corrected chi connectivity index (χ2v) is 7.96. The maximum absolute atomic E-state index is 12.8. The predicted octanol–water partition coefficient (Wildman–Crippen LogP) is 1.89. The average Bonchev–Trinajstić information content (AvgIpc) is 2.71. The van der Waals surface area contributed by atoms with Crippen molar-refractivity contribution < 1.29 is 14.6 Å². The van der Waals surface area contributed by atoms with Crippen LogP contribution in [0.5, 0.6) is 5.75 Å². The van der Waals surface area contributed by atoms with Crippen LogP contribution in [0.4, 0.5) is 0 Å². The van der Waals surface area contributed by atoms with E-state index < -0.39 is 5.60 Å². The van der Waals surface area contributed by atoms with E-state index in [2.05, 4.69) is 17.9 Å². The largest absolute Gasteiger partial charge is 0.492 e. The summed E-state index contributed by atoms with van der Waals surface area (Å²) >= 11 is 0. The molecule has 1 aromatic rings. The van der Waals surface area contributed by atoms with Crippen LogP contribution in [-0.4, -0.2) is 59.2 Å². The van der Waals surface area contributed by atoms with Gasteiger partial charge in [-0.1, -0.05) is 31.5 Å². The number of β-amino-alcohol motifs (C(OH)–C–C–N with tert-alkyl or cyclic N) is 1. The highest BCUT2D eigenvalue weighted by atomic mass is 16.5. The van der Waals surface area contributed by atoms with Crippen molar-refractivity contribution in [2.75, 3.05) is 32.8 Å². The van der Waals surface area contributed by atoms with Crippen molar-refractivity contribution in [2.24, 2.45) is 11.8 Å². The van der Waals surface area contributed by atoms with Gasteiger partial charge in [0.1, 0.15) is 12.4 Å². The van der Waals surface area contributed by atoms with E-state index in [1.807, 2.05) is 23.1 Å². The number of benzene rings is 1. The molecular formula is C20H28N2O3. The Morgan fingerprint density at radius 2 is 2.16 bits per heavy atom. The third-order valence-corrected chi connectivity index (χ3v) is 6.35. The average molecular weight is 344 g/mol. The van der Waals surface area contributed by atoms with E-state index in [-0.39, 0.29) is 11.8 Å². The molecule has 1 N–H and O–H groups in total. The molecule has 1 saturated heterocycles. The third-order valence-electron chi connectivity index (χ3n) is 6.35. The smallest absolute Gasteiger partial charge is 0.236 e. The number of carbonyl (C=O) groups excluding carboxylic acids is 1. The number of para-hydroxylation sites is 1. The van der Waals surface area contributed by atoms with Crippen molar-refractivity contribution in [3.8, 4) is 5.75 Å². The van der Waals surface area contributed by atoms with E-state index in [1.165, 1.54) is 6.42 Å². The van der Waals surface area contributed by atoms with Crippen LogP contribution in [0.3, 0.4) is 0 Å². The van der Waals surface area contributed by atoms with Crippen molar-refractivity contribution in [1.29, 1.82) is 0 Å². The lowest BCUT2D eigenvalue weighted by Gasteiger charge is -2.41. The van der Waals surface area contributed by atoms with Gasteiger partial charge in [-0.05, 0) is 24.8 Å². The topological polar surface area (TPSA) is 53.0 Å². The lowest BCUT2D eigenvalue weighted by molar-refractivity contribution is -0.133. The number of amides is 1. The van der Waals surface area contributed by atoms with Gasteiger partial charge in [-0.2, -0.15) is 0 Å². The fraction of sp³-hybridized carbons (Fsp3) is 0.650. The van der Waals surface area contributed by atoms with Crippen LogP contribution < -0.4 is 4.74 Å². The first-order valence-corrected chi connectivity index (χ1v) is 9.49. The van der Waals surface area contributed by atoms with Crippen LogP contribution in [0.15, 0.2) is 24.3 Å². The van der Waals surface area contributed by atoms with E-state index in [0.29, 0.717) is 32.2 Å². The van der Waals surface area contributed by atoms with Crippen molar-refractivity contribution in [2.45, 2.75) is 38.3 Å². The minimum atomic E-state index is -0.678. The Hall–Kier alpha value is -1.59. The van der Waals surface area contributed by atoms with Gasteiger partial charge in [0.25, 0.3) is 0 Å². The molecule has 5 nitrogen and oxygen atoms in total. The van der Waals surface area contributed by atoms with Crippen LogP contribution in [0.25, 0.3) is 0 Å². The second kappa shape index (κ2) is 6.61. The van der Waals surface area contributed by atoms with Gasteiger partial charge in [0.05, 0.1) is 18.7 Å². The molecule has 2 atom stereocenters. The normalized spacial score (nSPS) is 30.3. The van der Waals surface area contributed by atoms with E-state index in [1.54, 1.807) is 0 Å². The monoisotopic (exact) mass is 344 g/mol. The number of nitrogens with zero attached hydrogens (tertiary/aromatic N) is 2. The summed E-state index contributed by atoms with van der Waals surface area (Å²) in [5.41, 5.74) is 0.455. The van der Waals surface area contributed by atoms with Crippen LogP contribution in [-0.2, 0) is 11.3 Å². The van der Waals surface area contributed by atoms with Crippen molar-refractivity contribution in [1.82, 2.24) is 9.80 Å². The number of carbonyl (C=O) groups is 1. The van der Waals surface area contributed by atoms with E-state index >= 15 is 0 Å². The number of hydrogen-bond acceptors (Lipinski definition) is 4. The Labute approximate surface area is 149 Å². The molecule has 25 heavy (non-hydrogen) atoms. The summed E-state index contributed by atoms with van der Waals surface area (Å²) in [7, 11) is 0. The van der Waals surface area contributed by atoms with Gasteiger partial charge >= 0.3 is 0 Å². The minimum Gasteiger partial charge on any atom is -0.492 e. The van der Waals surface area contributed by atoms with Crippen molar-refractivity contribution in [3.05, 3.63) is 29.8 Å². The molecule has 3 aliphatic rings. The second-order valence-electron chi connectivity index (χ2n) is 7.96. The number of ether oxygens (including phenoxy) is 1. The van der Waals surface area contributed by atoms with E-state index in [9.17, 15) is 9.90 Å². The van der Waals surface area contributed by atoms with Crippen LogP contribution in [0.1, 0.15) is 31.7 Å². The molecule has 0 unspecified atom stereocenters. The summed E-state index contributed by atoms with van der Waals surface area (Å²) in [4.78, 5) is 16.9. The molecule has 2 fully saturated rings. The van der Waals surface area contributed by atoms with Crippen LogP contribution in [0, 0.1) is 11.8 Å². The first kappa shape index (κ1) is 16.9. The van der Waals surface area contributed by atoms with Gasteiger partial charge in [-0.25, -0.2) is 0 Å². The zero-order chi connectivity index (χ0) is 17.4. The van der Waals surface area contributed by atoms with E-state index in [4.69, 9.17) is 4.74 Å². The quantitative estimate of drug-likeness (QED) is 0.910. The number of hydrogen-bond donors (Lipinski definition) is 1. The van der Waals surface area contributed by atoms with Crippen LogP contribution in [0.2, 0.25) is 0 Å². The molecule has 5 heteroatoms. The Kier molecular flexibility index (Phi) is 4.46. The van der Waals surface area contributed by atoms with Crippen LogP contribution >= 0.6 is 0 Å². The fourth-order valence-electron chi connectivity index (χ4n) is 4.45. The Morgan fingerprint density at radius 3 is 2.92 bits per heavy atom. The molecule has 0 aromatic heterocycles. The molecule has 0 spiro atoms. The number of aliphatic hydroxyl groups is 1. The van der Waals surface area contributed by atoms with Gasteiger partial charge in [-0.15, -0.1) is 0 Å². The number of rotatable bonds is 3. The molecule has 0 radical (unpaired) electrons. The lowest BCUT2D eigenvalue weighted by Crippen LogP contribution is -2.48. The summed E-state index contributed by atoms with van der Waals surface area (Å²) in [5, 5.41) is 11.1. The molecule has 1 aromatic carbocycles. The van der Waals surface area contributed by atoms with Gasteiger partial charge in [0.15, 0.2) is 0 Å². The lowest BCUT2D eigenvalue weighted by atomic mass is 9.69. The molecule has 136 valence electrons. The molecular weight excluding hydrogens is 316 g/mol. The first-order valence-electron chi connectivity index (χ1n) is 9.49. The molecule has 2 aliphatic heterocycles. The number of fused-ring (bicyclic) bond motifs is 1. The SMILES string of the molecule is C[C@@H]1CN(C(=O)CN2CCOc3ccccc3C2)C[C@@]1(O)C1CCC1. The Balaban J connectivity index is 1.39. The summed E-state index contributed by atoms with van der Waals surface area (Å²) in [6, 6.07) is 8.04. The van der Waals surface area contributed by atoms with Gasteiger partial charge in [-0.3, -0.25) is 9.69 Å². The van der Waals surface area contributed by atoms with Gasteiger partial charge in [0, 0.05) is 31.1 Å². The maximum Gasteiger partial charge on any atom is 0.236 e. The number of likely N-dealkylation sites (tertiary alicyclic amines) is 1.